The second-order valence-electron chi connectivity index (χ2n) is 3.18. The number of halogens is 2. The lowest BCUT2D eigenvalue weighted by Gasteiger charge is -2.24. The molecule has 0 saturated heterocycles. The molecule has 3 heteroatoms. The summed E-state index contributed by atoms with van der Waals surface area (Å²) in [5.41, 5.74) is 0. The molecule has 1 aliphatic carbocycles. The summed E-state index contributed by atoms with van der Waals surface area (Å²) in [4.78, 5) is 10.7. The van der Waals surface area contributed by atoms with Crippen molar-refractivity contribution in [2.75, 3.05) is 5.88 Å². The van der Waals surface area contributed by atoms with Gasteiger partial charge in [-0.15, -0.1) is 11.6 Å². The smallest absolute Gasteiger partial charge is 0.224 e. The van der Waals surface area contributed by atoms with Crippen LogP contribution in [0.25, 0.3) is 0 Å². The van der Waals surface area contributed by atoms with Crippen LogP contribution < -0.4 is 0 Å². The largest absolute Gasteiger partial charge is 0.281 e. The van der Waals surface area contributed by atoms with Gasteiger partial charge in [0.2, 0.25) is 5.24 Å². The number of hydrogen-bond donors (Lipinski definition) is 0. The van der Waals surface area contributed by atoms with Crippen molar-refractivity contribution in [1.82, 2.24) is 0 Å². The summed E-state index contributed by atoms with van der Waals surface area (Å²) in [6, 6.07) is 0. The Balaban J connectivity index is 2.30. The zero-order valence-corrected chi connectivity index (χ0v) is 7.87. The number of carbonyl (C=O) groups excluding carboxylic acids is 1. The molecule has 0 atom stereocenters. The number of carbonyl (C=O) groups is 1. The third-order valence-corrected chi connectivity index (χ3v) is 3.13. The molecule has 0 aromatic carbocycles. The highest BCUT2D eigenvalue weighted by molar-refractivity contribution is 6.63. The highest BCUT2D eigenvalue weighted by atomic mass is 35.5. The third-order valence-electron chi connectivity index (χ3n) is 2.39. The molecule has 0 N–H and O–H groups in total. The van der Waals surface area contributed by atoms with Crippen LogP contribution in [-0.2, 0) is 4.79 Å². The lowest BCUT2D eigenvalue weighted by molar-refractivity contribution is -0.116. The molecule has 64 valence electrons. The summed E-state index contributed by atoms with van der Waals surface area (Å²) < 4.78 is 0. The molecule has 0 amide bonds. The summed E-state index contributed by atoms with van der Waals surface area (Å²) in [6.07, 6.45) is 3.98. The lowest BCUT2D eigenvalue weighted by Crippen LogP contribution is -2.19. The van der Waals surface area contributed by atoms with Crippen LogP contribution in [0.3, 0.4) is 0 Å². The molecule has 0 spiro atoms. The molecule has 1 aliphatic rings. The molecular formula is C8H12Cl2O. The van der Waals surface area contributed by atoms with E-state index in [-0.39, 0.29) is 11.2 Å². The van der Waals surface area contributed by atoms with Crippen LogP contribution in [0.15, 0.2) is 0 Å². The summed E-state index contributed by atoms with van der Waals surface area (Å²) >= 11 is 11.1. The van der Waals surface area contributed by atoms with Crippen LogP contribution in [0.5, 0.6) is 0 Å². The van der Waals surface area contributed by atoms with E-state index in [0.29, 0.717) is 5.92 Å². The first-order valence-corrected chi connectivity index (χ1v) is 4.90. The van der Waals surface area contributed by atoms with Gasteiger partial charge in [-0.05, 0) is 43.2 Å². The normalized spacial score (nSPS) is 31.8. The minimum atomic E-state index is -0.168. The molecule has 0 aromatic rings. The van der Waals surface area contributed by atoms with Gasteiger partial charge in [-0.25, -0.2) is 0 Å². The Hall–Kier alpha value is 0.250. The van der Waals surface area contributed by atoms with E-state index in [1.54, 1.807) is 0 Å². The van der Waals surface area contributed by atoms with Crippen LogP contribution in [-0.4, -0.2) is 11.1 Å². The van der Waals surface area contributed by atoms with Gasteiger partial charge in [0.05, 0.1) is 0 Å². The van der Waals surface area contributed by atoms with Gasteiger partial charge in [-0.3, -0.25) is 4.79 Å². The lowest BCUT2D eigenvalue weighted by atomic mass is 9.84. The van der Waals surface area contributed by atoms with E-state index in [9.17, 15) is 4.79 Å². The van der Waals surface area contributed by atoms with Gasteiger partial charge in [0.1, 0.15) is 0 Å². The summed E-state index contributed by atoms with van der Waals surface area (Å²) in [6.45, 7) is 0. The Labute approximate surface area is 77.1 Å². The van der Waals surface area contributed by atoms with Gasteiger partial charge in [0, 0.05) is 11.8 Å². The van der Waals surface area contributed by atoms with E-state index in [4.69, 9.17) is 23.2 Å². The van der Waals surface area contributed by atoms with Crippen LogP contribution in [0.1, 0.15) is 25.7 Å². The van der Waals surface area contributed by atoms with E-state index in [2.05, 4.69) is 0 Å². The minimum absolute atomic E-state index is 0.108. The molecule has 1 rings (SSSR count). The highest BCUT2D eigenvalue weighted by Gasteiger charge is 2.24. The predicted molar refractivity (Wildman–Crippen MR) is 47.0 cm³/mol. The topological polar surface area (TPSA) is 17.1 Å². The van der Waals surface area contributed by atoms with Crippen molar-refractivity contribution in [2.45, 2.75) is 25.7 Å². The average molecular weight is 195 g/mol. The van der Waals surface area contributed by atoms with E-state index >= 15 is 0 Å². The Kier molecular flexibility index (Phi) is 3.67. The molecule has 11 heavy (non-hydrogen) atoms. The summed E-state index contributed by atoms with van der Waals surface area (Å²) in [7, 11) is 0. The molecule has 0 aliphatic heterocycles. The SMILES string of the molecule is O=C(Cl)C1CCC(CCl)CC1. The van der Waals surface area contributed by atoms with Crippen molar-refractivity contribution >= 4 is 28.4 Å². The zero-order chi connectivity index (χ0) is 8.27. The van der Waals surface area contributed by atoms with E-state index < -0.39 is 0 Å². The average Bonchev–Trinajstić information content (AvgIpc) is 2.05. The maximum absolute atomic E-state index is 10.7. The molecular weight excluding hydrogens is 183 g/mol. The van der Waals surface area contributed by atoms with Crippen LogP contribution in [0.4, 0.5) is 0 Å². The Bertz CT molecular complexity index is 139. The maximum Gasteiger partial charge on any atom is 0.224 e. The van der Waals surface area contributed by atoms with Gasteiger partial charge in [-0.2, -0.15) is 0 Å². The molecule has 0 radical (unpaired) electrons. The van der Waals surface area contributed by atoms with Gasteiger partial charge in [-0.1, -0.05) is 0 Å². The first-order chi connectivity index (χ1) is 5.24. The fourth-order valence-electron chi connectivity index (χ4n) is 1.54. The third kappa shape index (κ3) is 2.64. The van der Waals surface area contributed by atoms with Gasteiger partial charge < -0.3 is 0 Å². The molecule has 0 bridgehead atoms. The molecule has 0 aromatic heterocycles. The zero-order valence-electron chi connectivity index (χ0n) is 6.35. The number of hydrogen-bond acceptors (Lipinski definition) is 1. The number of alkyl halides is 1. The molecule has 1 saturated carbocycles. The standard InChI is InChI=1S/C8H12Cl2O/c9-5-6-1-3-7(4-2-6)8(10)11/h6-7H,1-5H2. The van der Waals surface area contributed by atoms with Gasteiger partial charge in [0.15, 0.2) is 0 Å². The molecule has 0 heterocycles. The number of rotatable bonds is 2. The fraction of sp³-hybridized carbons (Fsp3) is 0.875. The van der Waals surface area contributed by atoms with Crippen molar-refractivity contribution in [3.63, 3.8) is 0 Å². The van der Waals surface area contributed by atoms with E-state index in [1.165, 1.54) is 0 Å². The van der Waals surface area contributed by atoms with E-state index in [1.807, 2.05) is 0 Å². The summed E-state index contributed by atoms with van der Waals surface area (Å²) in [5, 5.41) is -0.168. The van der Waals surface area contributed by atoms with Gasteiger partial charge >= 0.3 is 0 Å². The highest BCUT2D eigenvalue weighted by Crippen LogP contribution is 2.30. The van der Waals surface area contributed by atoms with Crippen LogP contribution in [0.2, 0.25) is 0 Å². The van der Waals surface area contributed by atoms with Gasteiger partial charge in [0.25, 0.3) is 0 Å². The molecule has 1 fully saturated rings. The minimum Gasteiger partial charge on any atom is -0.281 e. The van der Waals surface area contributed by atoms with Crippen molar-refractivity contribution < 1.29 is 4.79 Å². The molecule has 1 nitrogen and oxygen atoms in total. The van der Waals surface area contributed by atoms with Crippen molar-refractivity contribution in [3.05, 3.63) is 0 Å². The summed E-state index contributed by atoms with van der Waals surface area (Å²) in [5.74, 6) is 1.45. The van der Waals surface area contributed by atoms with Crippen LogP contribution >= 0.6 is 23.2 Å². The maximum atomic E-state index is 10.7. The predicted octanol–water partition coefficient (Wildman–Crippen LogP) is 2.80. The van der Waals surface area contributed by atoms with Crippen molar-refractivity contribution in [2.24, 2.45) is 11.8 Å². The Morgan fingerprint density at radius 2 is 1.82 bits per heavy atom. The van der Waals surface area contributed by atoms with Crippen molar-refractivity contribution in [3.8, 4) is 0 Å². The second-order valence-corrected chi connectivity index (χ2v) is 3.86. The second kappa shape index (κ2) is 4.32. The monoisotopic (exact) mass is 194 g/mol. The van der Waals surface area contributed by atoms with Crippen molar-refractivity contribution in [1.29, 1.82) is 0 Å². The van der Waals surface area contributed by atoms with Crippen LogP contribution in [0, 0.1) is 11.8 Å². The first kappa shape index (κ1) is 9.34. The van der Waals surface area contributed by atoms with E-state index in [0.717, 1.165) is 31.6 Å². The first-order valence-electron chi connectivity index (χ1n) is 3.99. The Morgan fingerprint density at radius 1 is 1.27 bits per heavy atom. The fourth-order valence-corrected chi connectivity index (χ4v) is 2.07. The quantitative estimate of drug-likeness (QED) is 0.489. The molecule has 0 unspecified atom stereocenters. The Morgan fingerprint density at radius 3 is 2.18 bits per heavy atom.